The third-order valence-corrected chi connectivity index (χ3v) is 4.90. The Morgan fingerprint density at radius 3 is 2.32 bits per heavy atom. The van der Waals surface area contributed by atoms with Crippen molar-refractivity contribution in [2.45, 2.75) is 52.5 Å². The van der Waals surface area contributed by atoms with Crippen molar-refractivity contribution in [3.8, 4) is 0 Å². The van der Waals surface area contributed by atoms with Crippen molar-refractivity contribution >= 4 is 23.3 Å². The Bertz CT molecular complexity index is 585. The number of hydrogen-bond acceptors (Lipinski definition) is 3. The molecule has 25 heavy (non-hydrogen) atoms. The molecule has 2 rings (SSSR count). The lowest BCUT2D eigenvalue weighted by Crippen LogP contribution is -2.47. The number of halogens is 1. The molecular formula is C20H29ClN2O2. The molecular weight excluding hydrogens is 336 g/mol. The number of nitrogens with zero attached hydrogens (tertiary/aromatic N) is 1. The predicted molar refractivity (Wildman–Crippen MR) is 102 cm³/mol. The Labute approximate surface area is 155 Å². The van der Waals surface area contributed by atoms with E-state index >= 15 is 0 Å². The number of piperidine rings is 1. The van der Waals surface area contributed by atoms with Crippen molar-refractivity contribution in [2.75, 3.05) is 19.6 Å². The van der Waals surface area contributed by atoms with Gasteiger partial charge in [0.25, 0.3) is 0 Å². The number of benzene rings is 1. The third kappa shape index (κ3) is 6.44. The first-order valence-corrected chi connectivity index (χ1v) is 9.45. The predicted octanol–water partition coefficient (Wildman–Crippen LogP) is 3.93. The summed E-state index contributed by atoms with van der Waals surface area (Å²) in [6.07, 6.45) is 3.38. The lowest BCUT2D eigenvalue weighted by molar-refractivity contribution is -0.129. The largest absolute Gasteiger partial charge is 0.353 e. The molecule has 0 radical (unpaired) electrons. The number of amides is 1. The normalized spacial score (nSPS) is 16.6. The summed E-state index contributed by atoms with van der Waals surface area (Å²) < 4.78 is 0. The highest BCUT2D eigenvalue weighted by molar-refractivity contribution is 6.30. The van der Waals surface area contributed by atoms with Crippen LogP contribution in [0.2, 0.25) is 5.02 Å². The van der Waals surface area contributed by atoms with Crippen LogP contribution in [0.1, 0.15) is 56.8 Å². The second-order valence-corrected chi connectivity index (χ2v) is 8.31. The minimum atomic E-state index is -0.334. The molecule has 0 bridgehead atoms. The molecule has 1 aromatic carbocycles. The van der Waals surface area contributed by atoms with Gasteiger partial charge in [-0.05, 0) is 50.1 Å². The van der Waals surface area contributed by atoms with Gasteiger partial charge in [-0.2, -0.15) is 0 Å². The monoisotopic (exact) mass is 364 g/mol. The standard InChI is InChI=1S/C20H29ClN2O2/c1-20(2,3)19(25)22-17-10-13-23(14-11-17)12-4-5-18(24)15-6-8-16(21)9-7-15/h6-9,17H,4-5,10-14H2,1-3H3,(H,22,25). The average molecular weight is 365 g/mol. The number of hydrogen-bond donors (Lipinski definition) is 1. The molecule has 4 nitrogen and oxygen atoms in total. The molecule has 138 valence electrons. The molecule has 0 atom stereocenters. The second kappa shape index (κ2) is 8.81. The first-order chi connectivity index (χ1) is 11.8. The van der Waals surface area contributed by atoms with Crippen molar-refractivity contribution in [1.29, 1.82) is 0 Å². The van der Waals surface area contributed by atoms with Gasteiger partial charge >= 0.3 is 0 Å². The summed E-state index contributed by atoms with van der Waals surface area (Å²) >= 11 is 5.85. The topological polar surface area (TPSA) is 49.4 Å². The van der Waals surface area contributed by atoms with E-state index in [2.05, 4.69) is 10.2 Å². The molecule has 0 aromatic heterocycles. The first-order valence-electron chi connectivity index (χ1n) is 9.08. The number of likely N-dealkylation sites (tertiary alicyclic amines) is 1. The van der Waals surface area contributed by atoms with Gasteiger partial charge in [0.1, 0.15) is 0 Å². The van der Waals surface area contributed by atoms with Crippen LogP contribution >= 0.6 is 11.6 Å². The molecule has 0 saturated carbocycles. The van der Waals surface area contributed by atoms with Crippen LogP contribution in [0.5, 0.6) is 0 Å². The van der Waals surface area contributed by atoms with Gasteiger partial charge in [-0.25, -0.2) is 0 Å². The van der Waals surface area contributed by atoms with Crippen molar-refractivity contribution in [3.63, 3.8) is 0 Å². The van der Waals surface area contributed by atoms with E-state index in [0.29, 0.717) is 11.4 Å². The van der Waals surface area contributed by atoms with Crippen LogP contribution in [-0.2, 0) is 4.79 Å². The molecule has 1 N–H and O–H groups in total. The van der Waals surface area contributed by atoms with Crippen LogP contribution in [0.15, 0.2) is 24.3 Å². The number of nitrogens with one attached hydrogen (secondary N) is 1. The first kappa shape index (κ1) is 19.9. The van der Waals surface area contributed by atoms with E-state index in [0.717, 1.165) is 44.5 Å². The fourth-order valence-electron chi connectivity index (χ4n) is 2.95. The van der Waals surface area contributed by atoms with Gasteiger partial charge < -0.3 is 10.2 Å². The minimum Gasteiger partial charge on any atom is -0.353 e. The van der Waals surface area contributed by atoms with E-state index in [1.807, 2.05) is 20.8 Å². The summed E-state index contributed by atoms with van der Waals surface area (Å²) in [6, 6.07) is 7.36. The molecule has 1 amide bonds. The Kier molecular flexibility index (Phi) is 7.03. The molecule has 1 saturated heterocycles. The van der Waals surface area contributed by atoms with Gasteiger partial charge in [-0.15, -0.1) is 0 Å². The molecule has 5 heteroatoms. The van der Waals surface area contributed by atoms with E-state index in [-0.39, 0.29) is 23.1 Å². The zero-order chi connectivity index (χ0) is 18.4. The molecule has 1 aliphatic heterocycles. The summed E-state index contributed by atoms with van der Waals surface area (Å²) in [4.78, 5) is 26.6. The van der Waals surface area contributed by atoms with Crippen LogP contribution in [0.4, 0.5) is 0 Å². The van der Waals surface area contributed by atoms with E-state index in [9.17, 15) is 9.59 Å². The summed E-state index contributed by atoms with van der Waals surface area (Å²) in [7, 11) is 0. The summed E-state index contributed by atoms with van der Waals surface area (Å²) in [5.41, 5.74) is 0.395. The highest BCUT2D eigenvalue weighted by atomic mass is 35.5. The molecule has 0 spiro atoms. The van der Waals surface area contributed by atoms with Crippen molar-refractivity contribution < 1.29 is 9.59 Å². The highest BCUT2D eigenvalue weighted by Gasteiger charge is 2.26. The number of ketones is 1. The zero-order valence-electron chi connectivity index (χ0n) is 15.5. The van der Waals surface area contributed by atoms with E-state index in [1.54, 1.807) is 24.3 Å². The van der Waals surface area contributed by atoms with Gasteiger partial charge in [0.05, 0.1) is 0 Å². The second-order valence-electron chi connectivity index (χ2n) is 7.87. The molecule has 0 aliphatic carbocycles. The fourth-order valence-corrected chi connectivity index (χ4v) is 3.07. The van der Waals surface area contributed by atoms with Crippen LogP contribution in [0.3, 0.4) is 0 Å². The molecule has 1 aliphatic rings. The maximum absolute atomic E-state index is 12.2. The lowest BCUT2D eigenvalue weighted by Gasteiger charge is -2.33. The fraction of sp³-hybridized carbons (Fsp3) is 0.600. The number of Topliss-reactive ketones (excluding diaryl/α,β-unsaturated/α-hetero) is 1. The molecule has 1 heterocycles. The molecule has 1 fully saturated rings. The quantitative estimate of drug-likeness (QED) is 0.778. The van der Waals surface area contributed by atoms with E-state index < -0.39 is 0 Å². The van der Waals surface area contributed by atoms with Crippen LogP contribution in [0, 0.1) is 5.41 Å². The van der Waals surface area contributed by atoms with Crippen LogP contribution < -0.4 is 5.32 Å². The smallest absolute Gasteiger partial charge is 0.225 e. The minimum absolute atomic E-state index is 0.125. The molecule has 0 unspecified atom stereocenters. The van der Waals surface area contributed by atoms with Gasteiger partial charge in [-0.3, -0.25) is 9.59 Å². The third-order valence-electron chi connectivity index (χ3n) is 4.65. The van der Waals surface area contributed by atoms with Gasteiger partial charge in [0, 0.05) is 41.6 Å². The Balaban J connectivity index is 1.66. The number of carbonyl (C=O) groups is 2. The summed E-state index contributed by atoms with van der Waals surface area (Å²) in [5, 5.41) is 3.80. The van der Waals surface area contributed by atoms with Gasteiger partial charge in [0.15, 0.2) is 5.78 Å². The number of rotatable bonds is 6. The van der Waals surface area contributed by atoms with Crippen LogP contribution in [0.25, 0.3) is 0 Å². The van der Waals surface area contributed by atoms with Gasteiger partial charge in [-0.1, -0.05) is 32.4 Å². The number of carbonyl (C=O) groups excluding carboxylic acids is 2. The SMILES string of the molecule is CC(C)(C)C(=O)NC1CCN(CCCC(=O)c2ccc(Cl)cc2)CC1. The van der Waals surface area contributed by atoms with Crippen molar-refractivity contribution in [3.05, 3.63) is 34.9 Å². The lowest BCUT2D eigenvalue weighted by atomic mass is 9.94. The van der Waals surface area contributed by atoms with Crippen LogP contribution in [-0.4, -0.2) is 42.3 Å². The Hall–Kier alpha value is -1.39. The molecule has 1 aromatic rings. The maximum atomic E-state index is 12.2. The average Bonchev–Trinajstić information content (AvgIpc) is 2.56. The Morgan fingerprint density at radius 2 is 1.76 bits per heavy atom. The Morgan fingerprint density at radius 1 is 1.16 bits per heavy atom. The van der Waals surface area contributed by atoms with Gasteiger partial charge in [0.2, 0.25) is 5.91 Å². The van der Waals surface area contributed by atoms with E-state index in [4.69, 9.17) is 11.6 Å². The van der Waals surface area contributed by atoms with Crippen molar-refractivity contribution in [2.24, 2.45) is 5.41 Å². The van der Waals surface area contributed by atoms with E-state index in [1.165, 1.54) is 0 Å². The highest BCUT2D eigenvalue weighted by Crippen LogP contribution is 2.17. The zero-order valence-corrected chi connectivity index (χ0v) is 16.2. The summed E-state index contributed by atoms with van der Waals surface area (Å²) in [5.74, 6) is 0.295. The summed E-state index contributed by atoms with van der Waals surface area (Å²) in [6.45, 7) is 8.70. The maximum Gasteiger partial charge on any atom is 0.225 e. The van der Waals surface area contributed by atoms with Crippen molar-refractivity contribution in [1.82, 2.24) is 10.2 Å².